The molecule has 186 valence electrons. The molecule has 0 N–H and O–H groups in total. The van der Waals surface area contributed by atoms with Crippen LogP contribution in [-0.2, 0) is 27.5 Å². The first-order chi connectivity index (χ1) is 15.5. The monoisotopic (exact) mass is 536 g/mol. The maximum atomic E-state index is 13.8. The Morgan fingerprint density at radius 3 is 2.48 bits per heavy atom. The smallest absolute Gasteiger partial charge is 0.416 e. The first-order valence-corrected chi connectivity index (χ1v) is 12.2. The third-order valence-electron chi connectivity index (χ3n) is 5.82. The molecule has 33 heavy (non-hydrogen) atoms. The Kier molecular flexibility index (Phi) is 10.0. The molecule has 1 aliphatic rings. The fourth-order valence-corrected chi connectivity index (χ4v) is 4.59. The number of piperazine rings is 1. The Morgan fingerprint density at radius 1 is 1.24 bits per heavy atom. The van der Waals surface area contributed by atoms with Gasteiger partial charge in [0.25, 0.3) is 0 Å². The molecule has 1 aromatic carbocycles. The van der Waals surface area contributed by atoms with Gasteiger partial charge < -0.3 is 14.4 Å². The van der Waals surface area contributed by atoms with E-state index in [4.69, 9.17) is 9.47 Å². The van der Waals surface area contributed by atoms with Gasteiger partial charge in [-0.25, -0.2) is 9.59 Å². The largest absolute Gasteiger partial charge is 0.465 e. The minimum absolute atomic E-state index is 0.0655. The fraction of sp³-hybridized carbons (Fsp3) is 0.652. The van der Waals surface area contributed by atoms with Gasteiger partial charge in [0.1, 0.15) is 0 Å². The molecule has 2 rings (SSSR count). The number of methoxy groups -OCH3 is 1. The summed E-state index contributed by atoms with van der Waals surface area (Å²) in [7, 11) is 1.15. The summed E-state index contributed by atoms with van der Waals surface area (Å²) in [4.78, 5) is 28.3. The van der Waals surface area contributed by atoms with Gasteiger partial charge in [0.15, 0.2) is 0 Å². The first-order valence-electron chi connectivity index (χ1n) is 11.1. The SMILES string of the molecule is CCCCOC(=O)N1CCN(Cc2cc(C(=O)OC)c(CBr)c(C(F)(F)F)c2)C(C(C)C)C1. The fourth-order valence-electron chi connectivity index (χ4n) is 3.98. The zero-order chi connectivity index (χ0) is 24.8. The van der Waals surface area contributed by atoms with Gasteiger partial charge in [-0.15, -0.1) is 0 Å². The van der Waals surface area contributed by atoms with E-state index < -0.39 is 17.7 Å². The number of nitrogens with zero attached hydrogens (tertiary/aromatic N) is 2. The van der Waals surface area contributed by atoms with Crippen LogP contribution < -0.4 is 0 Å². The zero-order valence-corrected chi connectivity index (χ0v) is 21.1. The maximum Gasteiger partial charge on any atom is 0.416 e. The lowest BCUT2D eigenvalue weighted by Gasteiger charge is -2.43. The summed E-state index contributed by atoms with van der Waals surface area (Å²) in [6.45, 7) is 7.97. The number of carbonyl (C=O) groups is 2. The van der Waals surface area contributed by atoms with E-state index >= 15 is 0 Å². The lowest BCUT2D eigenvalue weighted by Crippen LogP contribution is -2.56. The van der Waals surface area contributed by atoms with E-state index in [1.54, 1.807) is 4.90 Å². The van der Waals surface area contributed by atoms with Crippen LogP contribution in [-0.4, -0.2) is 61.3 Å². The summed E-state index contributed by atoms with van der Waals surface area (Å²) in [6, 6.07) is 2.51. The molecule has 1 unspecified atom stereocenters. The minimum Gasteiger partial charge on any atom is -0.465 e. The summed E-state index contributed by atoms with van der Waals surface area (Å²) in [5.74, 6) is -0.655. The molecule has 0 saturated carbocycles. The maximum absolute atomic E-state index is 13.8. The van der Waals surface area contributed by atoms with Gasteiger partial charge in [-0.2, -0.15) is 13.2 Å². The molecule has 1 saturated heterocycles. The standard InChI is InChI=1S/C23H32BrF3N2O4/c1-5-6-9-33-22(31)29-8-7-28(20(14-29)15(2)3)13-16-10-17(21(30)32-4)18(12-24)19(11-16)23(25,26)27/h10-11,15,20H,5-9,12-14H2,1-4H3. The number of hydrogen-bond acceptors (Lipinski definition) is 5. The summed E-state index contributed by atoms with van der Waals surface area (Å²) in [5.41, 5.74) is -0.717. The number of unbranched alkanes of at least 4 members (excludes halogenated alkanes) is 1. The molecule has 1 amide bonds. The van der Waals surface area contributed by atoms with E-state index in [-0.39, 0.29) is 41.1 Å². The number of esters is 1. The first kappa shape index (κ1) is 27.4. The van der Waals surface area contributed by atoms with E-state index in [1.165, 1.54) is 6.07 Å². The minimum atomic E-state index is -4.61. The van der Waals surface area contributed by atoms with E-state index in [1.807, 2.05) is 20.8 Å². The molecule has 1 atom stereocenters. The van der Waals surface area contributed by atoms with Crippen molar-refractivity contribution in [3.05, 3.63) is 34.4 Å². The molecule has 0 aliphatic carbocycles. The highest BCUT2D eigenvalue weighted by molar-refractivity contribution is 9.08. The van der Waals surface area contributed by atoms with E-state index in [2.05, 4.69) is 20.8 Å². The molecule has 0 spiro atoms. The van der Waals surface area contributed by atoms with Gasteiger partial charge >= 0.3 is 18.2 Å². The predicted octanol–water partition coefficient (Wildman–Crippen LogP) is 5.47. The number of benzene rings is 1. The van der Waals surface area contributed by atoms with Crippen LogP contribution in [0.5, 0.6) is 0 Å². The van der Waals surface area contributed by atoms with Crippen LogP contribution in [0.1, 0.15) is 60.7 Å². The van der Waals surface area contributed by atoms with Crippen LogP contribution in [0, 0.1) is 5.92 Å². The number of ether oxygens (including phenoxy) is 2. The second-order valence-corrected chi connectivity index (χ2v) is 9.05. The summed E-state index contributed by atoms with van der Waals surface area (Å²) >= 11 is 3.08. The molecule has 1 heterocycles. The van der Waals surface area contributed by atoms with Crippen molar-refractivity contribution in [2.24, 2.45) is 5.92 Å². The van der Waals surface area contributed by atoms with Gasteiger partial charge in [-0.1, -0.05) is 43.1 Å². The highest BCUT2D eigenvalue weighted by Gasteiger charge is 2.37. The van der Waals surface area contributed by atoms with Gasteiger partial charge in [-0.05, 0) is 35.6 Å². The van der Waals surface area contributed by atoms with Gasteiger partial charge in [0.2, 0.25) is 0 Å². The van der Waals surface area contributed by atoms with Gasteiger partial charge in [-0.3, -0.25) is 4.90 Å². The summed E-state index contributed by atoms with van der Waals surface area (Å²) < 4.78 is 51.4. The topological polar surface area (TPSA) is 59.1 Å². The molecule has 1 aromatic rings. The van der Waals surface area contributed by atoms with Crippen molar-refractivity contribution >= 4 is 28.0 Å². The van der Waals surface area contributed by atoms with Crippen LogP contribution in [0.3, 0.4) is 0 Å². The highest BCUT2D eigenvalue weighted by atomic mass is 79.9. The normalized spacial score (nSPS) is 17.4. The van der Waals surface area contributed by atoms with E-state index in [0.717, 1.165) is 26.0 Å². The quantitative estimate of drug-likeness (QED) is 0.250. The second kappa shape index (κ2) is 12.1. The average Bonchev–Trinajstić information content (AvgIpc) is 2.77. The van der Waals surface area contributed by atoms with Crippen molar-refractivity contribution in [2.75, 3.05) is 33.4 Å². The van der Waals surface area contributed by atoms with E-state index in [9.17, 15) is 22.8 Å². The molecular weight excluding hydrogens is 505 g/mol. The molecular formula is C23H32BrF3N2O4. The van der Waals surface area contributed by atoms with Crippen LogP contribution in [0.15, 0.2) is 12.1 Å². The predicted molar refractivity (Wildman–Crippen MR) is 122 cm³/mol. The van der Waals surface area contributed by atoms with Crippen LogP contribution in [0.25, 0.3) is 0 Å². The van der Waals surface area contributed by atoms with Crippen LogP contribution >= 0.6 is 15.9 Å². The molecule has 0 bridgehead atoms. The lowest BCUT2D eigenvalue weighted by molar-refractivity contribution is -0.138. The molecule has 1 fully saturated rings. The van der Waals surface area contributed by atoms with E-state index in [0.29, 0.717) is 31.8 Å². The van der Waals surface area contributed by atoms with Gasteiger partial charge in [0, 0.05) is 37.6 Å². The second-order valence-electron chi connectivity index (χ2n) is 8.49. The average molecular weight is 537 g/mol. The number of alkyl halides is 4. The summed E-state index contributed by atoms with van der Waals surface area (Å²) in [6.07, 6.45) is -3.24. The van der Waals surface area contributed by atoms with Crippen molar-refractivity contribution in [2.45, 2.75) is 57.7 Å². The lowest BCUT2D eigenvalue weighted by atomic mass is 9.95. The van der Waals surface area contributed by atoms with Crippen molar-refractivity contribution in [3.63, 3.8) is 0 Å². The summed E-state index contributed by atoms with van der Waals surface area (Å²) in [5, 5.41) is -0.125. The number of hydrogen-bond donors (Lipinski definition) is 0. The Bertz CT molecular complexity index is 833. The number of amides is 1. The van der Waals surface area contributed by atoms with Crippen LogP contribution in [0.4, 0.5) is 18.0 Å². The number of rotatable bonds is 8. The molecule has 0 radical (unpaired) electrons. The van der Waals surface area contributed by atoms with Crippen molar-refractivity contribution in [3.8, 4) is 0 Å². The molecule has 1 aliphatic heterocycles. The van der Waals surface area contributed by atoms with Crippen molar-refractivity contribution in [1.82, 2.24) is 9.80 Å². The molecule has 6 nitrogen and oxygen atoms in total. The highest BCUT2D eigenvalue weighted by Crippen LogP contribution is 2.36. The molecule has 0 aromatic heterocycles. The Labute approximate surface area is 201 Å². The number of carbonyl (C=O) groups excluding carboxylic acids is 2. The zero-order valence-electron chi connectivity index (χ0n) is 19.5. The van der Waals surface area contributed by atoms with Crippen molar-refractivity contribution in [1.29, 1.82) is 0 Å². The van der Waals surface area contributed by atoms with Crippen LogP contribution in [0.2, 0.25) is 0 Å². The van der Waals surface area contributed by atoms with Gasteiger partial charge in [0.05, 0.1) is 24.8 Å². The Hall–Kier alpha value is -1.81. The third kappa shape index (κ3) is 7.09. The Balaban J connectivity index is 2.29. The molecule has 10 heteroatoms. The third-order valence-corrected chi connectivity index (χ3v) is 6.39. The number of halogens is 4. The van der Waals surface area contributed by atoms with Crippen molar-refractivity contribution < 1.29 is 32.2 Å². The Morgan fingerprint density at radius 2 is 1.94 bits per heavy atom.